The van der Waals surface area contributed by atoms with Crippen molar-refractivity contribution in [2.45, 2.75) is 6.61 Å². The zero-order chi connectivity index (χ0) is 13.8. The second kappa shape index (κ2) is 6.20. The van der Waals surface area contributed by atoms with Crippen LogP contribution in [0, 0.1) is 0 Å². The molecule has 3 aromatic rings. The van der Waals surface area contributed by atoms with Crippen molar-refractivity contribution in [2.75, 3.05) is 0 Å². The van der Waals surface area contributed by atoms with E-state index in [0.29, 0.717) is 6.61 Å². The lowest BCUT2D eigenvalue weighted by Gasteiger charge is -2.03. The maximum atomic E-state index is 5.71. The van der Waals surface area contributed by atoms with Gasteiger partial charge >= 0.3 is 0 Å². The Morgan fingerprint density at radius 1 is 1.00 bits per heavy atom. The smallest absolute Gasteiger partial charge is 0.140 e. The minimum absolute atomic E-state index is 0.499. The summed E-state index contributed by atoms with van der Waals surface area (Å²) in [7, 11) is 0. The molecule has 0 radical (unpaired) electrons. The fraction of sp³-hybridized carbons (Fsp3) is 0.0625. The monoisotopic (exact) mass is 345 g/mol. The molecule has 0 aliphatic carbocycles. The quantitative estimate of drug-likeness (QED) is 0.652. The minimum Gasteiger partial charge on any atom is -0.486 e. The topological polar surface area (TPSA) is 22.1 Å². The van der Waals surface area contributed by atoms with E-state index >= 15 is 0 Å². The van der Waals surface area contributed by atoms with Crippen LogP contribution in [0.3, 0.4) is 0 Å². The maximum Gasteiger partial charge on any atom is 0.140 e. The van der Waals surface area contributed by atoms with Crippen LogP contribution in [0.1, 0.15) is 5.01 Å². The van der Waals surface area contributed by atoms with Gasteiger partial charge < -0.3 is 4.74 Å². The number of hydrogen-bond acceptors (Lipinski definition) is 3. The molecule has 20 heavy (non-hydrogen) atoms. The van der Waals surface area contributed by atoms with Crippen molar-refractivity contribution in [1.82, 2.24) is 4.98 Å². The van der Waals surface area contributed by atoms with Crippen molar-refractivity contribution in [3.63, 3.8) is 0 Å². The highest BCUT2D eigenvalue weighted by Gasteiger charge is 2.07. The van der Waals surface area contributed by atoms with Gasteiger partial charge in [-0.25, -0.2) is 4.98 Å². The third-order valence-corrected chi connectivity index (χ3v) is 4.32. The van der Waals surface area contributed by atoms with Gasteiger partial charge in [-0.2, -0.15) is 0 Å². The van der Waals surface area contributed by atoms with E-state index in [1.807, 2.05) is 48.5 Å². The number of nitrogens with zero attached hydrogens (tertiary/aromatic N) is 1. The number of para-hydroxylation sites is 1. The molecule has 0 atom stereocenters. The van der Waals surface area contributed by atoms with Gasteiger partial charge in [-0.3, -0.25) is 0 Å². The number of benzene rings is 2. The van der Waals surface area contributed by atoms with Crippen molar-refractivity contribution < 1.29 is 4.74 Å². The molecule has 0 N–H and O–H groups in total. The van der Waals surface area contributed by atoms with Gasteiger partial charge in [0.25, 0.3) is 0 Å². The molecule has 1 aromatic heterocycles. The van der Waals surface area contributed by atoms with Crippen LogP contribution in [-0.4, -0.2) is 4.98 Å². The van der Waals surface area contributed by atoms with Gasteiger partial charge in [0.2, 0.25) is 0 Å². The van der Waals surface area contributed by atoms with Crippen molar-refractivity contribution in [1.29, 1.82) is 0 Å². The summed E-state index contributed by atoms with van der Waals surface area (Å²) >= 11 is 5.17. The molecule has 2 nitrogen and oxygen atoms in total. The Kier molecular flexibility index (Phi) is 4.14. The number of ether oxygens (including phenoxy) is 1. The first kappa shape index (κ1) is 13.3. The van der Waals surface area contributed by atoms with Crippen molar-refractivity contribution >= 4 is 27.3 Å². The highest BCUT2D eigenvalue weighted by atomic mass is 79.9. The van der Waals surface area contributed by atoms with Crippen LogP contribution in [-0.2, 0) is 6.61 Å². The van der Waals surface area contributed by atoms with E-state index in [4.69, 9.17) is 4.74 Å². The standard InChI is InChI=1S/C16H12BrNOS/c17-14-9-5-4-8-13(14)15-11-20-16(18-15)10-19-12-6-2-1-3-7-12/h1-9,11H,10H2. The first-order chi connectivity index (χ1) is 9.83. The van der Waals surface area contributed by atoms with Crippen LogP contribution in [0.25, 0.3) is 11.3 Å². The summed E-state index contributed by atoms with van der Waals surface area (Å²) in [5.74, 6) is 0.866. The Hall–Kier alpha value is -1.65. The van der Waals surface area contributed by atoms with Crippen LogP contribution in [0.2, 0.25) is 0 Å². The van der Waals surface area contributed by atoms with Crippen LogP contribution in [0.4, 0.5) is 0 Å². The Bertz CT molecular complexity index is 696. The molecular weight excluding hydrogens is 334 g/mol. The van der Waals surface area contributed by atoms with Gasteiger partial charge in [0.1, 0.15) is 17.4 Å². The number of thiazole rings is 1. The molecule has 0 bridgehead atoms. The second-order valence-electron chi connectivity index (χ2n) is 4.21. The lowest BCUT2D eigenvalue weighted by molar-refractivity contribution is 0.305. The Balaban J connectivity index is 1.73. The van der Waals surface area contributed by atoms with E-state index in [2.05, 4.69) is 32.4 Å². The van der Waals surface area contributed by atoms with Gasteiger partial charge in [0.05, 0.1) is 5.69 Å². The summed E-state index contributed by atoms with van der Waals surface area (Å²) in [6, 6.07) is 17.9. The highest BCUT2D eigenvalue weighted by molar-refractivity contribution is 9.10. The summed E-state index contributed by atoms with van der Waals surface area (Å²) in [4.78, 5) is 4.62. The number of aromatic nitrogens is 1. The molecule has 0 unspecified atom stereocenters. The van der Waals surface area contributed by atoms with Crippen molar-refractivity contribution in [2.24, 2.45) is 0 Å². The van der Waals surface area contributed by atoms with Crippen molar-refractivity contribution in [3.05, 3.63) is 69.5 Å². The molecule has 0 aliphatic rings. The summed E-state index contributed by atoms with van der Waals surface area (Å²) in [6.45, 7) is 0.499. The average Bonchev–Trinajstić information content (AvgIpc) is 2.95. The predicted molar refractivity (Wildman–Crippen MR) is 86.0 cm³/mol. The summed E-state index contributed by atoms with van der Waals surface area (Å²) in [5, 5.41) is 3.03. The molecule has 1 heterocycles. The molecule has 3 rings (SSSR count). The number of rotatable bonds is 4. The van der Waals surface area contributed by atoms with Gasteiger partial charge in [0.15, 0.2) is 0 Å². The molecule has 0 saturated heterocycles. The summed E-state index contributed by atoms with van der Waals surface area (Å²) < 4.78 is 6.76. The third kappa shape index (κ3) is 3.08. The fourth-order valence-corrected chi connectivity index (χ4v) is 3.02. The lowest BCUT2D eigenvalue weighted by Crippen LogP contribution is -1.94. The van der Waals surface area contributed by atoms with Crippen molar-refractivity contribution in [3.8, 4) is 17.0 Å². The van der Waals surface area contributed by atoms with Crippen LogP contribution in [0.15, 0.2) is 64.5 Å². The minimum atomic E-state index is 0.499. The van der Waals surface area contributed by atoms with E-state index in [1.165, 1.54) is 0 Å². The zero-order valence-corrected chi connectivity index (χ0v) is 13.0. The number of hydrogen-bond donors (Lipinski definition) is 0. The molecule has 0 aliphatic heterocycles. The SMILES string of the molecule is Brc1ccccc1-c1csc(COc2ccccc2)n1. The number of halogens is 1. The molecular formula is C16H12BrNOS. The molecule has 0 fully saturated rings. The average molecular weight is 346 g/mol. The highest BCUT2D eigenvalue weighted by Crippen LogP contribution is 2.29. The van der Waals surface area contributed by atoms with Crippen LogP contribution < -0.4 is 4.74 Å². The normalized spacial score (nSPS) is 10.4. The van der Waals surface area contributed by atoms with E-state index in [9.17, 15) is 0 Å². The Morgan fingerprint density at radius 2 is 1.75 bits per heavy atom. The molecule has 0 saturated carbocycles. The Morgan fingerprint density at radius 3 is 2.55 bits per heavy atom. The molecule has 4 heteroatoms. The van der Waals surface area contributed by atoms with E-state index in [-0.39, 0.29) is 0 Å². The summed E-state index contributed by atoms with van der Waals surface area (Å²) in [5.41, 5.74) is 2.09. The summed E-state index contributed by atoms with van der Waals surface area (Å²) in [6.07, 6.45) is 0. The first-order valence-electron chi connectivity index (χ1n) is 6.20. The third-order valence-electron chi connectivity index (χ3n) is 2.81. The molecule has 2 aromatic carbocycles. The predicted octanol–water partition coefficient (Wildman–Crippen LogP) is 5.15. The van der Waals surface area contributed by atoms with Gasteiger partial charge in [-0.1, -0.05) is 52.3 Å². The second-order valence-corrected chi connectivity index (χ2v) is 6.01. The maximum absolute atomic E-state index is 5.71. The lowest BCUT2D eigenvalue weighted by atomic mass is 10.2. The Labute approximate surface area is 130 Å². The van der Waals surface area contributed by atoms with Gasteiger partial charge in [-0.05, 0) is 18.2 Å². The van der Waals surface area contributed by atoms with Crippen LogP contribution >= 0.6 is 27.3 Å². The molecule has 0 spiro atoms. The van der Waals surface area contributed by atoms with E-state index in [1.54, 1.807) is 11.3 Å². The van der Waals surface area contributed by atoms with E-state index in [0.717, 1.165) is 26.5 Å². The largest absolute Gasteiger partial charge is 0.486 e. The van der Waals surface area contributed by atoms with E-state index < -0.39 is 0 Å². The molecule has 100 valence electrons. The first-order valence-corrected chi connectivity index (χ1v) is 7.87. The fourth-order valence-electron chi connectivity index (χ4n) is 1.83. The van der Waals surface area contributed by atoms with Gasteiger partial charge in [-0.15, -0.1) is 11.3 Å². The van der Waals surface area contributed by atoms with Crippen LogP contribution in [0.5, 0.6) is 5.75 Å². The van der Waals surface area contributed by atoms with Gasteiger partial charge in [0, 0.05) is 15.4 Å². The molecule has 0 amide bonds. The zero-order valence-electron chi connectivity index (χ0n) is 10.6.